The minimum Gasteiger partial charge on any atom is -0.325 e. The standard InChI is InChI=1S/C18H18F2N4O2.2ClH/c1-11-2-3-13(23-17(26)15-9-18(19,20)10-22-15)8-14(11)24-16(25)12-4-6-21-7-5-12;;/h2-8,15,22H,9-10H2,1H3,(H,23,26)(H,24,25);2*1H. The summed E-state index contributed by atoms with van der Waals surface area (Å²) in [4.78, 5) is 28.3. The van der Waals surface area contributed by atoms with E-state index >= 15 is 0 Å². The molecule has 6 nitrogen and oxygen atoms in total. The highest BCUT2D eigenvalue weighted by Crippen LogP contribution is 2.26. The summed E-state index contributed by atoms with van der Waals surface area (Å²) in [6, 6.07) is 7.21. The molecular formula is C18H20Cl2F2N4O2. The average molecular weight is 433 g/mol. The van der Waals surface area contributed by atoms with Gasteiger partial charge in [-0.3, -0.25) is 19.9 Å². The van der Waals surface area contributed by atoms with E-state index in [0.717, 1.165) is 5.56 Å². The van der Waals surface area contributed by atoms with E-state index in [1.54, 1.807) is 30.3 Å². The highest BCUT2D eigenvalue weighted by atomic mass is 35.5. The SMILES string of the molecule is Cc1ccc(NC(=O)C2CC(F)(F)CN2)cc1NC(=O)c1ccncc1.Cl.Cl. The summed E-state index contributed by atoms with van der Waals surface area (Å²) in [6.45, 7) is 1.30. The number of rotatable bonds is 4. The van der Waals surface area contributed by atoms with Gasteiger partial charge in [0.15, 0.2) is 0 Å². The highest BCUT2D eigenvalue weighted by Gasteiger charge is 2.42. The number of hydrogen-bond acceptors (Lipinski definition) is 4. The van der Waals surface area contributed by atoms with Crippen LogP contribution in [0.15, 0.2) is 42.7 Å². The minimum atomic E-state index is -2.88. The van der Waals surface area contributed by atoms with Crippen LogP contribution in [-0.2, 0) is 4.79 Å². The maximum Gasteiger partial charge on any atom is 0.262 e. The Labute approximate surface area is 173 Å². The number of hydrogen-bond donors (Lipinski definition) is 3. The van der Waals surface area contributed by atoms with Gasteiger partial charge in [-0.05, 0) is 36.8 Å². The van der Waals surface area contributed by atoms with Crippen LogP contribution in [0.1, 0.15) is 22.3 Å². The Morgan fingerprint density at radius 3 is 2.43 bits per heavy atom. The zero-order chi connectivity index (χ0) is 18.7. The summed E-state index contributed by atoms with van der Waals surface area (Å²) in [5, 5.41) is 7.88. The molecule has 3 rings (SSSR count). The zero-order valence-corrected chi connectivity index (χ0v) is 16.5. The molecule has 28 heavy (non-hydrogen) atoms. The Morgan fingerprint density at radius 1 is 1.14 bits per heavy atom. The Bertz CT molecular complexity index is 838. The number of carbonyl (C=O) groups excluding carboxylic acids is 2. The van der Waals surface area contributed by atoms with Gasteiger partial charge >= 0.3 is 0 Å². The number of alkyl halides is 2. The first-order chi connectivity index (χ1) is 12.3. The van der Waals surface area contributed by atoms with Crippen LogP contribution in [-0.4, -0.2) is 35.3 Å². The highest BCUT2D eigenvalue weighted by molar-refractivity contribution is 6.05. The van der Waals surface area contributed by atoms with Crippen molar-refractivity contribution in [2.24, 2.45) is 0 Å². The number of anilines is 2. The molecule has 1 aromatic carbocycles. The quantitative estimate of drug-likeness (QED) is 0.690. The summed E-state index contributed by atoms with van der Waals surface area (Å²) in [5.74, 6) is -3.72. The van der Waals surface area contributed by atoms with Crippen LogP contribution in [0, 0.1) is 6.92 Å². The predicted molar refractivity (Wildman–Crippen MR) is 108 cm³/mol. The summed E-state index contributed by atoms with van der Waals surface area (Å²) in [5.41, 5.74) is 2.19. The number of pyridine rings is 1. The van der Waals surface area contributed by atoms with Crippen molar-refractivity contribution in [2.75, 3.05) is 17.2 Å². The fourth-order valence-corrected chi connectivity index (χ4v) is 2.66. The lowest BCUT2D eigenvalue weighted by atomic mass is 10.1. The van der Waals surface area contributed by atoms with Crippen molar-refractivity contribution in [1.82, 2.24) is 10.3 Å². The van der Waals surface area contributed by atoms with E-state index in [0.29, 0.717) is 16.9 Å². The van der Waals surface area contributed by atoms with E-state index in [1.165, 1.54) is 12.4 Å². The molecule has 0 saturated carbocycles. The molecule has 2 heterocycles. The summed E-state index contributed by atoms with van der Waals surface area (Å²) in [6.07, 6.45) is 2.50. The lowest BCUT2D eigenvalue weighted by Gasteiger charge is -2.14. The van der Waals surface area contributed by atoms with Crippen LogP contribution < -0.4 is 16.0 Å². The Hall–Kier alpha value is -2.29. The van der Waals surface area contributed by atoms with Gasteiger partial charge in [-0.1, -0.05) is 6.07 Å². The third-order valence-electron chi connectivity index (χ3n) is 4.12. The van der Waals surface area contributed by atoms with Gasteiger partial charge in [0, 0.05) is 35.8 Å². The molecule has 0 aliphatic carbocycles. The largest absolute Gasteiger partial charge is 0.325 e. The van der Waals surface area contributed by atoms with Crippen LogP contribution >= 0.6 is 24.8 Å². The molecule has 3 N–H and O–H groups in total. The van der Waals surface area contributed by atoms with E-state index in [2.05, 4.69) is 20.9 Å². The Balaban J connectivity index is 0.00000196. The molecule has 1 unspecified atom stereocenters. The number of aromatic nitrogens is 1. The first-order valence-electron chi connectivity index (χ1n) is 8.08. The summed E-state index contributed by atoms with van der Waals surface area (Å²) >= 11 is 0. The van der Waals surface area contributed by atoms with Crippen LogP contribution in [0.25, 0.3) is 0 Å². The molecule has 1 atom stereocenters. The zero-order valence-electron chi connectivity index (χ0n) is 14.9. The van der Waals surface area contributed by atoms with Gasteiger partial charge in [0.1, 0.15) is 0 Å². The van der Waals surface area contributed by atoms with Crippen molar-refractivity contribution in [3.05, 3.63) is 53.9 Å². The fraction of sp³-hybridized carbons (Fsp3) is 0.278. The fourth-order valence-electron chi connectivity index (χ4n) is 2.66. The number of nitrogens with one attached hydrogen (secondary N) is 3. The molecule has 2 aromatic rings. The topological polar surface area (TPSA) is 83.1 Å². The van der Waals surface area contributed by atoms with Crippen molar-refractivity contribution in [3.8, 4) is 0 Å². The van der Waals surface area contributed by atoms with Gasteiger partial charge in [-0.2, -0.15) is 0 Å². The lowest BCUT2D eigenvalue weighted by Crippen LogP contribution is -2.35. The molecule has 1 aromatic heterocycles. The normalized spacial score (nSPS) is 17.0. The van der Waals surface area contributed by atoms with Crippen molar-refractivity contribution < 1.29 is 18.4 Å². The van der Waals surface area contributed by atoms with Gasteiger partial charge in [-0.25, -0.2) is 8.78 Å². The number of aryl methyl sites for hydroxylation is 1. The van der Waals surface area contributed by atoms with E-state index in [9.17, 15) is 18.4 Å². The Kier molecular flexibility index (Phi) is 8.29. The predicted octanol–water partition coefficient (Wildman–Crippen LogP) is 3.42. The van der Waals surface area contributed by atoms with Crippen LogP contribution in [0.2, 0.25) is 0 Å². The minimum absolute atomic E-state index is 0. The van der Waals surface area contributed by atoms with Gasteiger partial charge in [-0.15, -0.1) is 24.8 Å². The number of nitrogens with zero attached hydrogens (tertiary/aromatic N) is 1. The van der Waals surface area contributed by atoms with Gasteiger partial charge in [0.25, 0.3) is 11.8 Å². The lowest BCUT2D eigenvalue weighted by molar-refractivity contribution is -0.118. The number of benzene rings is 1. The molecule has 1 fully saturated rings. The first kappa shape index (κ1) is 23.7. The molecule has 152 valence electrons. The average Bonchev–Trinajstić information content (AvgIpc) is 2.98. The van der Waals surface area contributed by atoms with Crippen molar-refractivity contribution in [1.29, 1.82) is 0 Å². The van der Waals surface area contributed by atoms with E-state index in [1.807, 2.05) is 6.92 Å². The molecule has 0 radical (unpaired) electrons. The van der Waals surface area contributed by atoms with Crippen molar-refractivity contribution in [3.63, 3.8) is 0 Å². The van der Waals surface area contributed by atoms with Gasteiger partial charge < -0.3 is 10.6 Å². The maximum atomic E-state index is 13.2. The second-order valence-corrected chi connectivity index (χ2v) is 6.20. The maximum absolute atomic E-state index is 13.2. The van der Waals surface area contributed by atoms with E-state index in [4.69, 9.17) is 0 Å². The number of amides is 2. The second kappa shape index (κ2) is 9.77. The number of carbonyl (C=O) groups is 2. The molecular weight excluding hydrogens is 413 g/mol. The summed E-state index contributed by atoms with van der Waals surface area (Å²) < 4.78 is 26.4. The smallest absolute Gasteiger partial charge is 0.262 e. The Morgan fingerprint density at radius 2 is 1.82 bits per heavy atom. The third-order valence-corrected chi connectivity index (χ3v) is 4.12. The van der Waals surface area contributed by atoms with Crippen LogP contribution in [0.3, 0.4) is 0 Å². The van der Waals surface area contributed by atoms with E-state index in [-0.39, 0.29) is 30.7 Å². The van der Waals surface area contributed by atoms with E-state index < -0.39 is 30.8 Å². The molecule has 0 bridgehead atoms. The molecule has 2 amide bonds. The third kappa shape index (κ3) is 5.85. The van der Waals surface area contributed by atoms with Crippen molar-refractivity contribution in [2.45, 2.75) is 25.3 Å². The van der Waals surface area contributed by atoms with Crippen LogP contribution in [0.5, 0.6) is 0 Å². The first-order valence-corrected chi connectivity index (χ1v) is 8.08. The second-order valence-electron chi connectivity index (χ2n) is 6.20. The number of halogens is 4. The van der Waals surface area contributed by atoms with Gasteiger partial charge in [0.2, 0.25) is 5.91 Å². The van der Waals surface area contributed by atoms with Gasteiger partial charge in [0.05, 0.1) is 12.6 Å². The molecule has 1 aliphatic rings. The molecule has 10 heteroatoms. The molecule has 1 saturated heterocycles. The van der Waals surface area contributed by atoms with Crippen LogP contribution in [0.4, 0.5) is 20.2 Å². The molecule has 0 spiro atoms. The summed E-state index contributed by atoms with van der Waals surface area (Å²) in [7, 11) is 0. The molecule has 1 aliphatic heterocycles. The monoisotopic (exact) mass is 432 g/mol. The van der Waals surface area contributed by atoms with Crippen molar-refractivity contribution >= 4 is 48.0 Å².